The molecule has 0 N–H and O–H groups in total. The van der Waals surface area contributed by atoms with E-state index in [0.717, 1.165) is 66.6 Å². The van der Waals surface area contributed by atoms with Gasteiger partial charge in [-0.25, -0.2) is 5.56 Å². The third kappa shape index (κ3) is 5.68. The first kappa shape index (κ1) is 30.5. The Labute approximate surface area is 302 Å². The fourth-order valence-corrected chi connectivity index (χ4v) is 7.69. The largest absolute Gasteiger partial charge is 3.00 e. The molecule has 0 amide bonds. The number of nitrogens with zero attached hydrogens (tertiary/aromatic N) is 2. The molecule has 0 aliphatic heterocycles. The predicted octanol–water partition coefficient (Wildman–Crippen LogP) is 12.1. The molecule has 0 bridgehead atoms. The maximum absolute atomic E-state index is 5.31. The van der Waals surface area contributed by atoms with Crippen molar-refractivity contribution in [2.45, 2.75) is 0 Å². The van der Waals surface area contributed by atoms with Crippen molar-refractivity contribution in [3.8, 4) is 65.6 Å². The summed E-state index contributed by atoms with van der Waals surface area (Å²) in [6.45, 7) is 0. The Balaban J connectivity index is 0.00000336. The number of fused-ring (bicyclic) bond motifs is 3. The summed E-state index contributed by atoms with van der Waals surface area (Å²) in [5.74, 6) is 0. The van der Waals surface area contributed by atoms with Crippen LogP contribution < -0.4 is 4.98 Å². The average molecular weight is 831 g/mol. The quantitative estimate of drug-likeness (QED) is 0.123. The molecule has 4 heterocycles. The molecule has 2 nitrogen and oxygen atoms in total. The molecule has 230 valence electrons. The normalized spacial score (nSPS) is 11.2. The topological polar surface area (TPSA) is 27.0 Å². The van der Waals surface area contributed by atoms with Crippen LogP contribution in [0.5, 0.6) is 0 Å². The van der Waals surface area contributed by atoms with E-state index in [1.54, 1.807) is 22.7 Å². The fraction of sp³-hybridized carbons (Fsp3) is 0. The maximum atomic E-state index is 5.31. The van der Waals surface area contributed by atoms with E-state index < -0.39 is 0 Å². The summed E-state index contributed by atoms with van der Waals surface area (Å²) in [6.07, 6.45) is 0. The second-order valence-corrected chi connectivity index (χ2v) is 13.4. The molecule has 48 heavy (non-hydrogen) atoms. The number of hydrogen-bond donors (Lipinski definition) is 0. The second-order valence-electron chi connectivity index (χ2n) is 11.5. The molecule has 0 saturated heterocycles. The Bertz CT molecular complexity index is 2440. The van der Waals surface area contributed by atoms with Crippen LogP contribution in [0.15, 0.2) is 150 Å². The summed E-state index contributed by atoms with van der Waals surface area (Å²) >= 11 is 3.51. The summed E-state index contributed by atoms with van der Waals surface area (Å²) < 4.78 is 0. The Morgan fingerprint density at radius 1 is 0.521 bits per heavy atom. The average Bonchev–Trinajstić information content (AvgIpc) is 3.94. The smallest absolute Gasteiger partial charge is 0.656 e. The van der Waals surface area contributed by atoms with Gasteiger partial charge in [0.15, 0.2) is 0 Å². The number of aromatic nitrogens is 2. The minimum absolute atomic E-state index is 0. The molecule has 0 aliphatic carbocycles. The molecule has 9 aromatic rings. The van der Waals surface area contributed by atoms with Gasteiger partial charge in [0, 0.05) is 15.4 Å². The van der Waals surface area contributed by atoms with Crippen LogP contribution in [0, 0.1) is 12.1 Å². The Morgan fingerprint density at radius 3 is 2.04 bits per heavy atom. The molecule has 0 unspecified atom stereocenters. The van der Waals surface area contributed by atoms with Crippen molar-refractivity contribution >= 4 is 44.5 Å². The van der Waals surface area contributed by atoms with Gasteiger partial charge in [-0.15, -0.1) is 51.4 Å². The summed E-state index contributed by atoms with van der Waals surface area (Å²) in [5.41, 5.74) is 12.3. The van der Waals surface area contributed by atoms with Gasteiger partial charge in [0.25, 0.3) is 0 Å². The van der Waals surface area contributed by atoms with E-state index in [-0.39, 0.29) is 22.4 Å². The van der Waals surface area contributed by atoms with Crippen molar-refractivity contribution in [2.75, 3.05) is 0 Å². The number of hydrogen-bond acceptors (Lipinski definition) is 3. The van der Waals surface area contributed by atoms with Gasteiger partial charge in [0.2, 0.25) is 0 Å². The van der Waals surface area contributed by atoms with E-state index in [1.165, 1.54) is 20.9 Å². The summed E-state index contributed by atoms with van der Waals surface area (Å²) in [6, 6.07) is 56.0. The molecule has 0 atom stereocenters. The van der Waals surface area contributed by atoms with E-state index in [0.29, 0.717) is 0 Å². The first-order valence-electron chi connectivity index (χ1n) is 15.5. The fourth-order valence-electron chi connectivity index (χ4n) is 6.25. The van der Waals surface area contributed by atoms with Crippen LogP contribution in [0.25, 0.3) is 87.5 Å². The predicted molar refractivity (Wildman–Crippen MR) is 199 cm³/mol. The van der Waals surface area contributed by atoms with Crippen molar-refractivity contribution in [2.24, 2.45) is 0 Å². The van der Waals surface area contributed by atoms with Crippen LogP contribution in [0.4, 0.5) is 0 Å². The standard InChI is InChI=1S/C43H25N2S2.Au/c1-3-10-28(11-4-1)31-22-32(29-12-5-2-6-13-29)24-33(23-31)38-14-7-15-39(44-38)37-27-34(42-17-9-21-47-42)26-36-35-25-30(41-16-8-20-46-41)18-19-40(35)45-43(36)37;/h1-12,14-23,25-27H;/q-3;+3. The minimum atomic E-state index is 0. The molecule has 0 saturated carbocycles. The van der Waals surface area contributed by atoms with Gasteiger partial charge in [-0.05, 0) is 80.2 Å². The summed E-state index contributed by atoms with van der Waals surface area (Å²) in [7, 11) is 0. The zero-order valence-electron chi connectivity index (χ0n) is 25.4. The molecule has 0 fully saturated rings. The summed E-state index contributed by atoms with van der Waals surface area (Å²) in [4.78, 5) is 13.0. The molecule has 4 aromatic heterocycles. The molecule has 9 rings (SSSR count). The molecule has 0 aliphatic rings. The second kappa shape index (κ2) is 13.0. The van der Waals surface area contributed by atoms with E-state index in [1.807, 2.05) is 24.3 Å². The van der Waals surface area contributed by atoms with Crippen LogP contribution >= 0.6 is 22.7 Å². The van der Waals surface area contributed by atoms with E-state index in [4.69, 9.17) is 9.97 Å². The first-order valence-corrected chi connectivity index (χ1v) is 17.2. The SMILES string of the molecule is [Au+3].[c-]1ccccc1-c1[c-]c(-c2cccc(-c3cc(-c4cccs4)cc4c3[n-]c3ccc(-c5cccs5)cc34)n2)cc(-c2ccccc2)c1. The Morgan fingerprint density at radius 2 is 1.27 bits per heavy atom. The number of pyridine rings is 1. The van der Waals surface area contributed by atoms with E-state index in [9.17, 15) is 0 Å². The van der Waals surface area contributed by atoms with Gasteiger partial charge in [-0.2, -0.15) is 42.0 Å². The third-order valence-corrected chi connectivity index (χ3v) is 10.4. The molecule has 5 heteroatoms. The molecule has 0 spiro atoms. The van der Waals surface area contributed by atoms with Crippen LogP contribution in [0.1, 0.15) is 0 Å². The number of rotatable bonds is 6. The maximum Gasteiger partial charge on any atom is 3.00 e. The molecular formula is C43H25AuN2S2. The third-order valence-electron chi connectivity index (χ3n) is 8.52. The van der Waals surface area contributed by atoms with Crippen molar-refractivity contribution < 1.29 is 22.4 Å². The van der Waals surface area contributed by atoms with Gasteiger partial charge >= 0.3 is 22.4 Å². The van der Waals surface area contributed by atoms with Gasteiger partial charge < -0.3 is 4.98 Å². The van der Waals surface area contributed by atoms with Crippen LogP contribution in [-0.4, -0.2) is 4.98 Å². The van der Waals surface area contributed by atoms with Crippen molar-refractivity contribution in [3.05, 3.63) is 162 Å². The van der Waals surface area contributed by atoms with Gasteiger partial charge in [-0.1, -0.05) is 72.3 Å². The first-order chi connectivity index (χ1) is 23.3. The molecule has 0 radical (unpaired) electrons. The van der Waals surface area contributed by atoms with Crippen molar-refractivity contribution in [1.82, 2.24) is 9.97 Å². The number of benzene rings is 5. The minimum Gasteiger partial charge on any atom is -0.656 e. The van der Waals surface area contributed by atoms with Crippen LogP contribution in [-0.2, 0) is 22.4 Å². The summed E-state index contributed by atoms with van der Waals surface area (Å²) in [5, 5.41) is 6.56. The molecular weight excluding hydrogens is 806 g/mol. The Hall–Kier alpha value is -4.81. The monoisotopic (exact) mass is 830 g/mol. The van der Waals surface area contributed by atoms with Gasteiger partial charge in [0.05, 0.1) is 5.69 Å². The van der Waals surface area contributed by atoms with E-state index in [2.05, 4.69) is 138 Å². The molecule has 5 aromatic carbocycles. The van der Waals surface area contributed by atoms with Gasteiger partial charge in [0.1, 0.15) is 0 Å². The zero-order valence-corrected chi connectivity index (χ0v) is 29.2. The van der Waals surface area contributed by atoms with E-state index >= 15 is 0 Å². The van der Waals surface area contributed by atoms with Gasteiger partial charge in [-0.3, -0.25) is 4.98 Å². The zero-order chi connectivity index (χ0) is 31.2. The van der Waals surface area contributed by atoms with Crippen molar-refractivity contribution in [3.63, 3.8) is 0 Å². The van der Waals surface area contributed by atoms with Crippen LogP contribution in [0.3, 0.4) is 0 Å². The Kier molecular flexibility index (Phi) is 8.27. The number of thiophene rings is 2. The van der Waals surface area contributed by atoms with Crippen LogP contribution in [0.2, 0.25) is 0 Å². The van der Waals surface area contributed by atoms with Crippen molar-refractivity contribution in [1.29, 1.82) is 0 Å².